The van der Waals surface area contributed by atoms with Gasteiger partial charge in [-0.2, -0.15) is 0 Å². The van der Waals surface area contributed by atoms with Crippen LogP contribution in [0.4, 0.5) is 0 Å². The molecule has 0 spiro atoms. The predicted octanol–water partition coefficient (Wildman–Crippen LogP) is -0.521. The van der Waals surface area contributed by atoms with Crippen molar-refractivity contribution in [3.63, 3.8) is 0 Å². The van der Waals surface area contributed by atoms with Crippen LogP contribution in [0.5, 0.6) is 0 Å². The summed E-state index contributed by atoms with van der Waals surface area (Å²) in [6, 6.07) is 0. The van der Waals surface area contributed by atoms with Crippen molar-refractivity contribution in [3.05, 3.63) is 0 Å². The van der Waals surface area contributed by atoms with Gasteiger partial charge in [-0.15, -0.1) is 0 Å². The largest absolute Gasteiger partial charge is 0.463 e. The van der Waals surface area contributed by atoms with Gasteiger partial charge >= 0.3 is 5.97 Å². The maximum Gasteiger partial charge on any atom is 0.306 e. The number of aliphatic hydroxyl groups excluding tert-OH is 3. The maximum absolute atomic E-state index is 11.9. The second kappa shape index (κ2) is 20.4. The van der Waals surface area contributed by atoms with E-state index in [1.807, 2.05) is 0 Å². The molecule has 0 aliphatic carbocycles. The lowest BCUT2D eigenvalue weighted by Crippen LogP contribution is -2.39. The number of aliphatic hydroxyl groups is 3. The van der Waals surface area contributed by atoms with Crippen LogP contribution in [-0.4, -0.2) is 122 Å². The lowest BCUT2D eigenvalue weighted by molar-refractivity contribution is -0.152. The van der Waals surface area contributed by atoms with E-state index in [0.29, 0.717) is 25.9 Å². The van der Waals surface area contributed by atoms with Gasteiger partial charge in [0.05, 0.1) is 12.5 Å². The number of carbonyl (C=O) groups excluding carboxylic acids is 3. The van der Waals surface area contributed by atoms with Gasteiger partial charge in [-0.25, -0.2) is 0 Å². The molecule has 0 aromatic heterocycles. The molecule has 0 fully saturated rings. The molecule has 0 aromatic rings. The summed E-state index contributed by atoms with van der Waals surface area (Å²) in [5.74, 6) is -0.981. The average Bonchev–Trinajstić information content (AvgIpc) is 2.79. The minimum atomic E-state index is -1.42. The number of nitrogens with zero attached hydrogens (tertiary/aromatic N) is 2. The van der Waals surface area contributed by atoms with Gasteiger partial charge in [0.2, 0.25) is 11.8 Å². The van der Waals surface area contributed by atoms with Crippen molar-refractivity contribution >= 4 is 17.8 Å². The second-order valence-corrected chi connectivity index (χ2v) is 9.31. The fourth-order valence-electron chi connectivity index (χ4n) is 3.22. The topological polar surface area (TPSA) is 152 Å². The monoisotopic (exact) mass is 504 g/mol. The first-order valence-corrected chi connectivity index (χ1v) is 12.6. The Morgan fingerprint density at radius 1 is 0.771 bits per heavy atom. The molecule has 0 aliphatic heterocycles. The first-order valence-electron chi connectivity index (χ1n) is 12.6. The molecule has 5 N–H and O–H groups in total. The van der Waals surface area contributed by atoms with Crippen molar-refractivity contribution in [1.29, 1.82) is 0 Å². The average molecular weight is 505 g/mol. The van der Waals surface area contributed by atoms with Crippen LogP contribution in [0.3, 0.4) is 0 Å². The van der Waals surface area contributed by atoms with E-state index in [1.165, 1.54) is 6.92 Å². The number of carbonyl (C=O) groups is 3. The summed E-state index contributed by atoms with van der Waals surface area (Å²) < 4.78 is 4.79. The van der Waals surface area contributed by atoms with Gasteiger partial charge in [0.25, 0.3) is 0 Å². The van der Waals surface area contributed by atoms with Gasteiger partial charge in [0, 0.05) is 25.9 Å². The third-order valence-electron chi connectivity index (χ3n) is 5.45. The van der Waals surface area contributed by atoms with Crippen molar-refractivity contribution in [2.45, 2.75) is 76.6 Å². The standard InChI is InChI=1S/C24H48N4O7/c1-19(29)24(34)20(30)18-35-23(33)12-11-22(32)26-14-8-13-25-21(31)10-6-5-7-16-28(4)17-9-15-27(2)3/h19-20,24,29-30,34H,5-18H2,1-4H3,(H,25,31)(H,26,32). The summed E-state index contributed by atoms with van der Waals surface area (Å²) in [4.78, 5) is 39.8. The second-order valence-electron chi connectivity index (χ2n) is 9.31. The summed E-state index contributed by atoms with van der Waals surface area (Å²) in [6.07, 6.45) is 1.01. The molecule has 0 heterocycles. The summed E-state index contributed by atoms with van der Waals surface area (Å²) in [7, 11) is 6.29. The lowest BCUT2D eigenvalue weighted by Gasteiger charge is -2.19. The number of rotatable bonds is 21. The highest BCUT2D eigenvalue weighted by Crippen LogP contribution is 2.03. The van der Waals surface area contributed by atoms with Gasteiger partial charge in [0.15, 0.2) is 0 Å². The molecule has 2 amide bonds. The number of amides is 2. The Morgan fingerprint density at radius 3 is 1.97 bits per heavy atom. The van der Waals surface area contributed by atoms with E-state index in [9.17, 15) is 24.6 Å². The van der Waals surface area contributed by atoms with E-state index in [4.69, 9.17) is 9.84 Å². The van der Waals surface area contributed by atoms with Gasteiger partial charge in [-0.05, 0) is 73.4 Å². The van der Waals surface area contributed by atoms with Crippen LogP contribution in [-0.2, 0) is 19.1 Å². The van der Waals surface area contributed by atoms with Gasteiger partial charge in [-0.3, -0.25) is 14.4 Å². The molecule has 35 heavy (non-hydrogen) atoms. The molecule has 0 saturated carbocycles. The Morgan fingerprint density at radius 2 is 1.37 bits per heavy atom. The third kappa shape index (κ3) is 20.1. The first-order chi connectivity index (χ1) is 16.5. The molecule has 0 saturated heterocycles. The molecular formula is C24H48N4O7. The minimum absolute atomic E-state index is 0.0151. The summed E-state index contributed by atoms with van der Waals surface area (Å²) in [5.41, 5.74) is 0. The maximum atomic E-state index is 11.9. The van der Waals surface area contributed by atoms with Crippen molar-refractivity contribution in [2.24, 2.45) is 0 Å². The number of hydrogen-bond acceptors (Lipinski definition) is 9. The Hall–Kier alpha value is -1.79. The quantitative estimate of drug-likeness (QED) is 0.103. The number of unbranched alkanes of at least 4 members (excludes halogenated alkanes) is 2. The summed E-state index contributed by atoms with van der Waals surface area (Å²) >= 11 is 0. The molecule has 0 bridgehead atoms. The Kier molecular flexibility index (Phi) is 19.4. The van der Waals surface area contributed by atoms with Crippen LogP contribution in [0.25, 0.3) is 0 Å². The highest BCUT2D eigenvalue weighted by Gasteiger charge is 2.22. The third-order valence-corrected chi connectivity index (χ3v) is 5.45. The molecule has 0 aromatic carbocycles. The van der Waals surface area contributed by atoms with Crippen LogP contribution in [0, 0.1) is 0 Å². The molecule has 11 nitrogen and oxygen atoms in total. The van der Waals surface area contributed by atoms with Crippen molar-refractivity contribution in [1.82, 2.24) is 20.4 Å². The molecular weight excluding hydrogens is 456 g/mol. The first kappa shape index (κ1) is 33.2. The zero-order valence-corrected chi connectivity index (χ0v) is 22.0. The van der Waals surface area contributed by atoms with Gasteiger partial charge in [0.1, 0.15) is 18.8 Å². The van der Waals surface area contributed by atoms with Crippen LogP contribution in [0.1, 0.15) is 58.3 Å². The van der Waals surface area contributed by atoms with E-state index in [0.717, 1.165) is 45.3 Å². The van der Waals surface area contributed by atoms with Crippen molar-refractivity contribution in [3.8, 4) is 0 Å². The predicted molar refractivity (Wildman–Crippen MR) is 134 cm³/mol. The molecule has 0 aliphatic rings. The Bertz CT molecular complexity index is 590. The van der Waals surface area contributed by atoms with Crippen molar-refractivity contribution in [2.75, 3.05) is 60.5 Å². The zero-order chi connectivity index (χ0) is 26.6. The summed E-state index contributed by atoms with van der Waals surface area (Å²) in [6.45, 7) is 4.92. The number of ether oxygens (including phenoxy) is 1. The minimum Gasteiger partial charge on any atom is -0.463 e. The smallest absolute Gasteiger partial charge is 0.306 e. The van der Waals surface area contributed by atoms with E-state index >= 15 is 0 Å². The molecule has 206 valence electrons. The fourth-order valence-corrected chi connectivity index (χ4v) is 3.22. The highest BCUT2D eigenvalue weighted by atomic mass is 16.5. The summed E-state index contributed by atoms with van der Waals surface area (Å²) in [5, 5.41) is 33.7. The van der Waals surface area contributed by atoms with Crippen LogP contribution < -0.4 is 10.6 Å². The van der Waals surface area contributed by atoms with Crippen molar-refractivity contribution < 1.29 is 34.4 Å². The SMILES string of the molecule is CC(O)C(O)C(O)COC(=O)CCC(=O)NCCCNC(=O)CCCCCN(C)CCCN(C)C. The zero-order valence-electron chi connectivity index (χ0n) is 22.0. The van der Waals surface area contributed by atoms with E-state index in [2.05, 4.69) is 41.6 Å². The molecule has 3 unspecified atom stereocenters. The fraction of sp³-hybridized carbons (Fsp3) is 0.875. The van der Waals surface area contributed by atoms with Gasteiger partial charge < -0.3 is 40.5 Å². The molecule has 0 rings (SSSR count). The van der Waals surface area contributed by atoms with E-state index in [-0.39, 0.29) is 24.7 Å². The van der Waals surface area contributed by atoms with Crippen LogP contribution >= 0.6 is 0 Å². The number of nitrogens with one attached hydrogen (secondary N) is 2. The van der Waals surface area contributed by atoms with E-state index in [1.54, 1.807) is 0 Å². The van der Waals surface area contributed by atoms with Gasteiger partial charge in [-0.1, -0.05) is 6.42 Å². The van der Waals surface area contributed by atoms with Crippen LogP contribution in [0.2, 0.25) is 0 Å². The Balaban J connectivity index is 3.63. The molecule has 0 radical (unpaired) electrons. The number of esters is 1. The Labute approximate surface area is 210 Å². The molecule has 11 heteroatoms. The lowest BCUT2D eigenvalue weighted by atomic mass is 10.1. The van der Waals surface area contributed by atoms with E-state index < -0.39 is 30.9 Å². The van der Waals surface area contributed by atoms with Crippen LogP contribution in [0.15, 0.2) is 0 Å². The normalized spacial score (nSPS) is 14.0. The number of hydrogen-bond donors (Lipinski definition) is 5. The molecule has 3 atom stereocenters. The highest BCUT2D eigenvalue weighted by molar-refractivity contribution is 5.81.